The molecule has 2 amide bonds. The van der Waals surface area contributed by atoms with Crippen LogP contribution in [0.3, 0.4) is 0 Å². The van der Waals surface area contributed by atoms with E-state index in [4.69, 9.17) is 16.0 Å². The molecule has 0 radical (unpaired) electrons. The highest BCUT2D eigenvalue weighted by Gasteiger charge is 2.49. The minimum Gasteiger partial charge on any atom is -0.448 e. The van der Waals surface area contributed by atoms with E-state index in [0.717, 1.165) is 19.3 Å². The van der Waals surface area contributed by atoms with Crippen molar-refractivity contribution in [3.05, 3.63) is 46.9 Å². The smallest absolute Gasteiger partial charge is 0.273 e. The zero-order valence-corrected chi connectivity index (χ0v) is 16.3. The molecule has 1 N–H and O–H groups in total. The third kappa shape index (κ3) is 3.28. The molecule has 2 aliphatic rings. The molecule has 4 rings (SSSR count). The number of hydrogen-bond donors (Lipinski definition) is 1. The largest absolute Gasteiger partial charge is 0.448 e. The normalized spacial score (nSPS) is 24.8. The molecule has 1 aromatic heterocycles. The van der Waals surface area contributed by atoms with Crippen molar-refractivity contribution >= 4 is 29.1 Å². The third-order valence-electron chi connectivity index (χ3n) is 5.95. The summed E-state index contributed by atoms with van der Waals surface area (Å²) in [5.74, 6) is -0.140. The predicted molar refractivity (Wildman–Crippen MR) is 102 cm³/mol. The molecule has 1 aliphatic heterocycles. The summed E-state index contributed by atoms with van der Waals surface area (Å²) >= 11 is 6.15. The second-order valence-corrected chi connectivity index (χ2v) is 7.99. The van der Waals surface area contributed by atoms with Crippen LogP contribution in [-0.4, -0.2) is 29.4 Å². The zero-order valence-electron chi connectivity index (χ0n) is 15.5. The zero-order chi connectivity index (χ0) is 19.9. The van der Waals surface area contributed by atoms with E-state index < -0.39 is 11.2 Å². The molecule has 8 heteroatoms. The number of nitrogens with one attached hydrogen (secondary N) is 1. The second kappa shape index (κ2) is 7.20. The van der Waals surface area contributed by atoms with Crippen molar-refractivity contribution in [2.45, 2.75) is 45.1 Å². The molecule has 0 atom stereocenters. The van der Waals surface area contributed by atoms with Gasteiger partial charge in [-0.1, -0.05) is 11.6 Å². The first-order valence-corrected chi connectivity index (χ1v) is 9.75. The van der Waals surface area contributed by atoms with Gasteiger partial charge in [-0.3, -0.25) is 9.59 Å². The quantitative estimate of drug-likeness (QED) is 0.841. The van der Waals surface area contributed by atoms with Crippen molar-refractivity contribution in [3.8, 4) is 0 Å². The van der Waals surface area contributed by atoms with Crippen LogP contribution in [0.1, 0.15) is 48.4 Å². The highest BCUT2D eigenvalue weighted by molar-refractivity contribution is 6.34. The molecule has 0 bridgehead atoms. The number of amides is 2. The van der Waals surface area contributed by atoms with Crippen LogP contribution in [0.4, 0.5) is 10.1 Å². The lowest BCUT2D eigenvalue weighted by Crippen LogP contribution is -2.44. The maximum atomic E-state index is 13.3. The van der Waals surface area contributed by atoms with Crippen LogP contribution in [0, 0.1) is 18.2 Å². The molecule has 148 valence electrons. The van der Waals surface area contributed by atoms with Gasteiger partial charge in [0.25, 0.3) is 5.91 Å². The van der Waals surface area contributed by atoms with E-state index >= 15 is 0 Å². The van der Waals surface area contributed by atoms with Crippen molar-refractivity contribution in [1.29, 1.82) is 0 Å². The van der Waals surface area contributed by atoms with Gasteiger partial charge in [0.15, 0.2) is 12.1 Å². The number of aryl methyl sites for hydroxylation is 1. The Balaban J connectivity index is 1.41. The number of carbonyl (C=O) groups excluding carboxylic acids is 2. The Hall–Kier alpha value is -2.41. The first-order valence-electron chi connectivity index (χ1n) is 9.38. The lowest BCUT2D eigenvalue weighted by Gasteiger charge is -2.36. The highest BCUT2D eigenvalue weighted by Crippen LogP contribution is 2.47. The van der Waals surface area contributed by atoms with Gasteiger partial charge in [0.1, 0.15) is 11.6 Å². The Morgan fingerprint density at radius 3 is 2.75 bits per heavy atom. The molecular weight excluding hydrogens is 385 g/mol. The number of nitrogens with zero attached hydrogens (tertiary/aromatic N) is 2. The SMILES string of the molecule is Cc1ocnc1C(=O)NC1CCC2(CC1)CCN(c1ccc(F)cc1Cl)C2=O. The van der Waals surface area contributed by atoms with E-state index in [0.29, 0.717) is 36.5 Å². The van der Waals surface area contributed by atoms with Crippen LogP contribution in [0.15, 0.2) is 29.0 Å². The van der Waals surface area contributed by atoms with E-state index in [1.807, 2.05) is 0 Å². The number of aromatic nitrogens is 1. The number of rotatable bonds is 3. The number of benzene rings is 1. The fourth-order valence-corrected chi connectivity index (χ4v) is 4.58. The van der Waals surface area contributed by atoms with Crippen molar-refractivity contribution in [2.75, 3.05) is 11.4 Å². The molecule has 2 aromatic rings. The fraction of sp³-hybridized carbons (Fsp3) is 0.450. The molecule has 1 saturated heterocycles. The Bertz CT molecular complexity index is 921. The van der Waals surface area contributed by atoms with Crippen LogP contribution in [0.25, 0.3) is 0 Å². The summed E-state index contributed by atoms with van der Waals surface area (Å²) in [6, 6.07) is 4.11. The topological polar surface area (TPSA) is 75.4 Å². The predicted octanol–water partition coefficient (Wildman–Crippen LogP) is 3.87. The Morgan fingerprint density at radius 2 is 2.11 bits per heavy atom. The number of oxazole rings is 1. The minimum atomic E-state index is -0.428. The number of carbonyl (C=O) groups is 2. The Labute approximate surface area is 167 Å². The van der Waals surface area contributed by atoms with Gasteiger partial charge in [0.05, 0.1) is 16.1 Å². The lowest BCUT2D eigenvalue weighted by atomic mass is 9.71. The molecular formula is C20H21ClFN3O3. The van der Waals surface area contributed by atoms with Gasteiger partial charge >= 0.3 is 0 Å². The summed E-state index contributed by atoms with van der Waals surface area (Å²) in [6.45, 7) is 2.27. The Kier molecular flexibility index (Phi) is 4.87. The van der Waals surface area contributed by atoms with Crippen LogP contribution in [-0.2, 0) is 4.79 Å². The third-order valence-corrected chi connectivity index (χ3v) is 6.25. The summed E-state index contributed by atoms with van der Waals surface area (Å²) in [6.07, 6.45) is 4.83. The standard InChI is InChI=1S/C20H21ClFN3O3/c1-12-17(23-11-28-12)18(26)24-14-4-6-20(7-5-14)8-9-25(19(20)27)16-3-2-13(22)10-15(16)21/h2-3,10-11,14H,4-9H2,1H3,(H,24,26). The van der Waals surface area contributed by atoms with Gasteiger partial charge in [0, 0.05) is 12.6 Å². The summed E-state index contributed by atoms with van der Waals surface area (Å²) in [4.78, 5) is 31.1. The van der Waals surface area contributed by atoms with E-state index in [2.05, 4.69) is 10.3 Å². The van der Waals surface area contributed by atoms with Gasteiger partial charge in [0.2, 0.25) is 5.91 Å². The number of anilines is 1. The first-order chi connectivity index (χ1) is 13.4. The average molecular weight is 406 g/mol. The monoisotopic (exact) mass is 405 g/mol. The van der Waals surface area contributed by atoms with Crippen molar-refractivity contribution in [2.24, 2.45) is 5.41 Å². The summed E-state index contributed by atoms with van der Waals surface area (Å²) in [5, 5.41) is 3.24. The molecule has 0 unspecified atom stereocenters. The first kappa shape index (κ1) is 18.9. The summed E-state index contributed by atoms with van der Waals surface area (Å²) in [7, 11) is 0. The molecule has 1 aliphatic carbocycles. The minimum absolute atomic E-state index is 0.00508. The van der Waals surface area contributed by atoms with Crippen LogP contribution >= 0.6 is 11.6 Å². The van der Waals surface area contributed by atoms with Crippen molar-refractivity contribution in [3.63, 3.8) is 0 Å². The van der Waals surface area contributed by atoms with Crippen molar-refractivity contribution in [1.82, 2.24) is 10.3 Å². The van der Waals surface area contributed by atoms with E-state index in [-0.39, 0.29) is 22.9 Å². The highest BCUT2D eigenvalue weighted by atomic mass is 35.5. The molecule has 1 spiro atoms. The number of hydrogen-bond acceptors (Lipinski definition) is 4. The van der Waals surface area contributed by atoms with E-state index in [1.54, 1.807) is 17.9 Å². The van der Waals surface area contributed by atoms with Crippen LogP contribution in [0.5, 0.6) is 0 Å². The molecule has 6 nitrogen and oxygen atoms in total. The molecule has 28 heavy (non-hydrogen) atoms. The lowest BCUT2D eigenvalue weighted by molar-refractivity contribution is -0.127. The molecule has 2 fully saturated rings. The van der Waals surface area contributed by atoms with Gasteiger partial charge < -0.3 is 14.6 Å². The van der Waals surface area contributed by atoms with E-state index in [9.17, 15) is 14.0 Å². The Morgan fingerprint density at radius 1 is 1.36 bits per heavy atom. The molecule has 1 saturated carbocycles. The second-order valence-electron chi connectivity index (χ2n) is 7.59. The summed E-state index contributed by atoms with van der Waals surface area (Å²) < 4.78 is 18.4. The molecule has 1 aromatic carbocycles. The van der Waals surface area contributed by atoms with Crippen molar-refractivity contribution < 1.29 is 18.4 Å². The summed E-state index contributed by atoms with van der Waals surface area (Å²) in [5.41, 5.74) is 0.430. The van der Waals surface area contributed by atoms with Gasteiger partial charge in [-0.2, -0.15) is 0 Å². The van der Waals surface area contributed by atoms with Gasteiger partial charge in [-0.05, 0) is 57.2 Å². The maximum Gasteiger partial charge on any atom is 0.273 e. The average Bonchev–Trinajstić information content (AvgIpc) is 3.22. The fourth-order valence-electron chi connectivity index (χ4n) is 4.31. The van der Waals surface area contributed by atoms with Crippen LogP contribution < -0.4 is 10.2 Å². The van der Waals surface area contributed by atoms with E-state index in [1.165, 1.54) is 18.5 Å². The maximum absolute atomic E-state index is 13.3. The van der Waals surface area contributed by atoms with Gasteiger partial charge in [-0.25, -0.2) is 9.37 Å². The number of halogens is 2. The van der Waals surface area contributed by atoms with Gasteiger partial charge in [-0.15, -0.1) is 0 Å². The molecule has 2 heterocycles. The van der Waals surface area contributed by atoms with Crippen LogP contribution in [0.2, 0.25) is 5.02 Å².